The average Bonchev–Trinajstić information content (AvgIpc) is 3.76. The number of carboxylic acids is 1. The van der Waals surface area contributed by atoms with Gasteiger partial charge in [-0.15, -0.1) is 11.3 Å². The van der Waals surface area contributed by atoms with E-state index in [1.165, 1.54) is 35.6 Å². The Morgan fingerprint density at radius 2 is 1.05 bits per heavy atom. The predicted molar refractivity (Wildman–Crippen MR) is 220 cm³/mol. The molecule has 0 saturated heterocycles. The minimum Gasteiger partial charge on any atom is -0.480 e. The van der Waals surface area contributed by atoms with E-state index in [0.717, 1.165) is 11.1 Å². The lowest BCUT2D eigenvalue weighted by Crippen LogP contribution is -2.60. The molecule has 7 rings (SSSR count). The van der Waals surface area contributed by atoms with Crippen molar-refractivity contribution < 1.29 is 44.1 Å². The molecule has 2 aliphatic rings. The number of anilines is 1. The molecule has 0 spiro atoms. The molecule has 5 aromatic rings. The molecule has 0 radical (unpaired) electrons. The first kappa shape index (κ1) is 41.9. The number of rotatable bonds is 8. The number of hydrogen-bond acceptors (Lipinski definition) is 9. The summed E-state index contributed by atoms with van der Waals surface area (Å²) in [6.45, 7) is 0. The van der Waals surface area contributed by atoms with Crippen molar-refractivity contribution in [3.63, 3.8) is 0 Å². The average molecular weight is 818 g/mol. The molecule has 2 bridgehead atoms. The first-order valence-corrected chi connectivity index (χ1v) is 19.7. The molecular formula is C44H43N5O9S. The van der Waals surface area contributed by atoms with Gasteiger partial charge in [0.25, 0.3) is 11.8 Å². The van der Waals surface area contributed by atoms with Crippen LogP contribution in [-0.2, 0) is 54.5 Å². The van der Waals surface area contributed by atoms with E-state index in [1.807, 2.05) is 42.5 Å². The molecule has 2 aliphatic heterocycles. The van der Waals surface area contributed by atoms with Gasteiger partial charge in [0.1, 0.15) is 24.2 Å². The number of carboxylic acid groups (broad SMARTS) is 1. The summed E-state index contributed by atoms with van der Waals surface area (Å²) in [6, 6.07) is 29.6. The maximum Gasteiger partial charge on any atom is 0.326 e. The van der Waals surface area contributed by atoms with Gasteiger partial charge in [0.05, 0.1) is 0 Å². The Hall–Kier alpha value is -6.68. The fourth-order valence-corrected chi connectivity index (χ4v) is 7.30. The van der Waals surface area contributed by atoms with Crippen molar-refractivity contribution in [2.24, 2.45) is 0 Å². The summed E-state index contributed by atoms with van der Waals surface area (Å²) in [5, 5.41) is 46.3. The Kier molecular flexibility index (Phi) is 14.0. The molecule has 1 aromatic heterocycles. The number of hydrogen-bond donors (Lipinski definition) is 8. The van der Waals surface area contributed by atoms with Crippen LogP contribution >= 0.6 is 11.3 Å². The SMILES string of the molecule is O=C(O)[C@@H]1Cc2ccc(cc2)NC(=O)[C@H](O)[C@@H](O)C(=O)N[C@@H](Cc2cccs2)C(=O)N[C@@H](Cc2ccc(-c3ccccc3)cc2)C(=O)N[C@@H](Cc2ccccc2)C(=O)N1. The second kappa shape index (κ2) is 19.7. The van der Waals surface area contributed by atoms with Crippen molar-refractivity contribution in [2.75, 3.05) is 5.32 Å². The van der Waals surface area contributed by atoms with Crippen LogP contribution in [0.3, 0.4) is 0 Å². The van der Waals surface area contributed by atoms with Crippen molar-refractivity contribution in [3.8, 4) is 11.1 Å². The molecule has 14 nitrogen and oxygen atoms in total. The maximum atomic E-state index is 14.4. The normalized spacial score (nSPS) is 22.2. The summed E-state index contributed by atoms with van der Waals surface area (Å²) in [5.74, 6) is -6.08. The van der Waals surface area contributed by atoms with Crippen LogP contribution in [-0.4, -0.2) is 87.2 Å². The van der Waals surface area contributed by atoms with Gasteiger partial charge in [-0.2, -0.15) is 0 Å². The van der Waals surface area contributed by atoms with Gasteiger partial charge < -0.3 is 41.9 Å². The number of fused-ring (bicyclic) bond motifs is 18. The van der Waals surface area contributed by atoms with Crippen molar-refractivity contribution in [1.82, 2.24) is 21.3 Å². The van der Waals surface area contributed by atoms with E-state index in [1.54, 1.807) is 60.0 Å². The first-order valence-electron chi connectivity index (χ1n) is 18.8. The highest BCUT2D eigenvalue weighted by Crippen LogP contribution is 2.21. The van der Waals surface area contributed by atoms with Crippen LogP contribution < -0.4 is 26.6 Å². The van der Waals surface area contributed by atoms with E-state index in [4.69, 9.17) is 0 Å². The maximum absolute atomic E-state index is 14.4. The number of aliphatic carboxylic acids is 1. The smallest absolute Gasteiger partial charge is 0.326 e. The molecule has 8 N–H and O–H groups in total. The largest absolute Gasteiger partial charge is 0.480 e. The molecule has 6 atom stereocenters. The number of nitrogens with one attached hydrogen (secondary N) is 5. The number of carbonyl (C=O) groups is 6. The molecule has 4 aromatic carbocycles. The summed E-state index contributed by atoms with van der Waals surface area (Å²) in [4.78, 5) is 82.0. The third-order valence-corrected chi connectivity index (χ3v) is 10.7. The third-order valence-electron chi connectivity index (χ3n) is 9.78. The Morgan fingerprint density at radius 1 is 0.542 bits per heavy atom. The van der Waals surface area contributed by atoms with Gasteiger partial charge in [-0.05, 0) is 51.4 Å². The van der Waals surface area contributed by atoms with Crippen molar-refractivity contribution in [3.05, 3.63) is 148 Å². The standard InChI is InChI=1S/C44H43N5O9S/c50-37-38(51)43(56)48-35(25-32-12-7-21-59-32)41(54)47-34(23-27-13-17-30(18-14-27)29-10-5-2-6-11-29)39(52)46-33(22-26-8-3-1-4-9-26)40(53)49-36(44(57)58)24-28-15-19-31(20-16-28)45-42(37)55/h1-21,33-38,50-51H,22-25H2,(H,45,55)(H,46,52)(H,47,54)(H,48,56)(H,49,53)(H,57,58)/t33-,34-,35-,36-,37+,38+/m0/s1. The minimum absolute atomic E-state index is 0.0249. The number of aliphatic hydroxyl groups is 2. The van der Waals surface area contributed by atoms with Crippen molar-refractivity contribution in [1.29, 1.82) is 0 Å². The molecule has 0 fully saturated rings. The van der Waals surface area contributed by atoms with Crippen LogP contribution in [0.2, 0.25) is 0 Å². The Labute approximate surface area is 343 Å². The lowest BCUT2D eigenvalue weighted by atomic mass is 9.99. The number of aliphatic hydroxyl groups excluding tert-OH is 2. The molecule has 5 amide bonds. The topological polar surface area (TPSA) is 223 Å². The summed E-state index contributed by atoms with van der Waals surface area (Å²) in [7, 11) is 0. The fourth-order valence-electron chi connectivity index (χ4n) is 6.54. The highest BCUT2D eigenvalue weighted by molar-refractivity contribution is 7.09. The number of amides is 5. The molecule has 59 heavy (non-hydrogen) atoms. The van der Waals surface area contributed by atoms with Gasteiger partial charge in [-0.1, -0.05) is 103 Å². The van der Waals surface area contributed by atoms with E-state index in [0.29, 0.717) is 21.6 Å². The molecule has 0 saturated carbocycles. The minimum atomic E-state index is -2.30. The van der Waals surface area contributed by atoms with Gasteiger partial charge in [0.2, 0.25) is 17.7 Å². The summed E-state index contributed by atoms with van der Waals surface area (Å²) >= 11 is 1.29. The van der Waals surface area contributed by atoms with Gasteiger partial charge >= 0.3 is 5.97 Å². The Balaban J connectivity index is 1.37. The summed E-state index contributed by atoms with van der Waals surface area (Å²) in [6.07, 6.45) is -4.89. The number of benzene rings is 4. The molecule has 15 heteroatoms. The molecule has 3 heterocycles. The lowest BCUT2D eigenvalue weighted by Gasteiger charge is -2.27. The monoisotopic (exact) mass is 817 g/mol. The van der Waals surface area contributed by atoms with E-state index >= 15 is 0 Å². The molecule has 304 valence electrons. The van der Waals surface area contributed by atoms with Crippen molar-refractivity contribution in [2.45, 2.75) is 62.1 Å². The lowest BCUT2D eigenvalue weighted by molar-refractivity contribution is -0.145. The third kappa shape index (κ3) is 11.5. The first-order chi connectivity index (χ1) is 28.4. The van der Waals surface area contributed by atoms with E-state index < -0.39 is 71.9 Å². The van der Waals surface area contributed by atoms with Gasteiger partial charge in [0, 0.05) is 36.2 Å². The Bertz CT molecular complexity index is 2240. The molecule has 0 unspecified atom stereocenters. The van der Waals surface area contributed by atoms with Crippen molar-refractivity contribution >= 4 is 52.5 Å². The van der Waals surface area contributed by atoms with E-state index in [-0.39, 0.29) is 31.4 Å². The van der Waals surface area contributed by atoms with Crippen LogP contribution in [0.15, 0.2) is 127 Å². The van der Waals surface area contributed by atoms with Crippen LogP contribution in [0.5, 0.6) is 0 Å². The van der Waals surface area contributed by atoms with Gasteiger partial charge in [-0.25, -0.2) is 4.79 Å². The van der Waals surface area contributed by atoms with Gasteiger partial charge in [-0.3, -0.25) is 24.0 Å². The second-order valence-corrected chi connectivity index (χ2v) is 15.1. The fraction of sp³-hybridized carbons (Fsp3) is 0.227. The predicted octanol–water partition coefficient (Wildman–Crippen LogP) is 2.38. The summed E-state index contributed by atoms with van der Waals surface area (Å²) < 4.78 is 0. The zero-order valence-corrected chi connectivity index (χ0v) is 32.4. The number of thiophene rings is 1. The quantitative estimate of drug-likeness (QED) is 0.108. The second-order valence-electron chi connectivity index (χ2n) is 14.1. The van der Waals surface area contributed by atoms with Crippen LogP contribution in [0.1, 0.15) is 21.6 Å². The highest BCUT2D eigenvalue weighted by atomic mass is 32.1. The van der Waals surface area contributed by atoms with Gasteiger partial charge in [0.15, 0.2) is 12.2 Å². The van der Waals surface area contributed by atoms with Crippen LogP contribution in [0.4, 0.5) is 5.69 Å². The summed E-state index contributed by atoms with van der Waals surface area (Å²) in [5.41, 5.74) is 3.80. The zero-order chi connectivity index (χ0) is 41.9. The van der Waals surface area contributed by atoms with E-state index in [2.05, 4.69) is 26.6 Å². The van der Waals surface area contributed by atoms with E-state index in [9.17, 15) is 44.1 Å². The Morgan fingerprint density at radius 3 is 1.63 bits per heavy atom. The zero-order valence-electron chi connectivity index (χ0n) is 31.6. The number of carbonyl (C=O) groups excluding carboxylic acids is 5. The molecule has 0 aliphatic carbocycles. The molecular weight excluding hydrogens is 775 g/mol. The van der Waals surface area contributed by atoms with Crippen LogP contribution in [0.25, 0.3) is 11.1 Å². The van der Waals surface area contributed by atoms with Crippen LogP contribution in [0, 0.1) is 0 Å². The highest BCUT2D eigenvalue weighted by Gasteiger charge is 2.35.